The van der Waals surface area contributed by atoms with E-state index in [0.717, 1.165) is 14.3 Å². The number of halogens is 1. The fourth-order valence-electron chi connectivity index (χ4n) is 3.69. The summed E-state index contributed by atoms with van der Waals surface area (Å²) in [4.78, 5) is 27.9. The number of carbonyl (C=O) groups excluding carboxylic acids is 2. The summed E-state index contributed by atoms with van der Waals surface area (Å²) in [7, 11) is -2.52. The van der Waals surface area contributed by atoms with Gasteiger partial charge in [0.15, 0.2) is 0 Å². The van der Waals surface area contributed by atoms with Crippen molar-refractivity contribution in [3.63, 3.8) is 0 Å². The predicted octanol–water partition coefficient (Wildman–Crippen LogP) is 4.21. The van der Waals surface area contributed by atoms with E-state index in [1.54, 1.807) is 87.7 Å². The van der Waals surface area contributed by atoms with Gasteiger partial charge in [0.1, 0.15) is 18.3 Å². The second-order valence-electron chi connectivity index (χ2n) is 8.24. The normalized spacial score (nSPS) is 11.9. The highest BCUT2D eigenvalue weighted by molar-refractivity contribution is 9.10. The van der Waals surface area contributed by atoms with Gasteiger partial charge in [-0.2, -0.15) is 0 Å². The predicted molar refractivity (Wildman–Crippen MR) is 147 cm³/mol. The van der Waals surface area contributed by atoms with Crippen LogP contribution in [0.15, 0.2) is 88.2 Å². The molecule has 0 saturated carbocycles. The molecule has 0 radical (unpaired) electrons. The highest BCUT2D eigenvalue weighted by Gasteiger charge is 2.32. The first-order valence-electron chi connectivity index (χ1n) is 11.7. The third-order valence-corrected chi connectivity index (χ3v) is 8.07. The van der Waals surface area contributed by atoms with Crippen molar-refractivity contribution in [3.8, 4) is 5.75 Å². The highest BCUT2D eigenvalue weighted by atomic mass is 79.9. The van der Waals surface area contributed by atoms with Gasteiger partial charge >= 0.3 is 0 Å². The molecule has 3 aromatic carbocycles. The van der Waals surface area contributed by atoms with Crippen LogP contribution in [0, 0.1) is 0 Å². The van der Waals surface area contributed by atoms with Crippen molar-refractivity contribution >= 4 is 43.5 Å². The number of rotatable bonds is 11. The van der Waals surface area contributed by atoms with Crippen molar-refractivity contribution in [1.29, 1.82) is 0 Å². The van der Waals surface area contributed by atoms with Gasteiger partial charge < -0.3 is 15.0 Å². The second kappa shape index (κ2) is 12.7. The maximum absolute atomic E-state index is 13.8. The number of hydrogen-bond acceptors (Lipinski definition) is 5. The summed E-state index contributed by atoms with van der Waals surface area (Å²) in [6, 6.07) is 20.9. The Hall–Kier alpha value is -3.37. The first-order valence-corrected chi connectivity index (χ1v) is 13.9. The van der Waals surface area contributed by atoms with E-state index >= 15 is 0 Å². The molecule has 0 aromatic heterocycles. The number of amides is 2. The molecule has 1 N–H and O–H groups in total. The Kier molecular flexibility index (Phi) is 9.71. The Morgan fingerprint density at radius 1 is 0.973 bits per heavy atom. The van der Waals surface area contributed by atoms with Crippen molar-refractivity contribution in [3.05, 3.63) is 88.9 Å². The van der Waals surface area contributed by atoms with Crippen molar-refractivity contribution in [2.75, 3.05) is 24.5 Å². The average Bonchev–Trinajstić information content (AvgIpc) is 2.91. The van der Waals surface area contributed by atoms with Crippen LogP contribution in [-0.2, 0) is 26.2 Å². The molecule has 2 amide bonds. The molecule has 0 fully saturated rings. The van der Waals surface area contributed by atoms with Crippen LogP contribution in [0.5, 0.6) is 5.75 Å². The summed E-state index contributed by atoms with van der Waals surface area (Å²) in [5.41, 5.74) is 1.10. The quantitative estimate of drug-likeness (QED) is 0.362. The van der Waals surface area contributed by atoms with Crippen LogP contribution in [0.1, 0.15) is 19.4 Å². The smallest absolute Gasteiger partial charge is 0.264 e. The molecule has 3 aromatic rings. The van der Waals surface area contributed by atoms with Gasteiger partial charge in [-0.25, -0.2) is 8.42 Å². The summed E-state index contributed by atoms with van der Waals surface area (Å²) >= 11 is 3.36. The van der Waals surface area contributed by atoms with Crippen molar-refractivity contribution in [2.24, 2.45) is 0 Å². The molecule has 8 nitrogen and oxygen atoms in total. The van der Waals surface area contributed by atoms with Crippen LogP contribution in [0.2, 0.25) is 0 Å². The van der Waals surface area contributed by atoms with Crippen LogP contribution in [0.25, 0.3) is 0 Å². The number of ether oxygens (including phenoxy) is 1. The molecule has 0 bridgehead atoms. The number of nitrogens with one attached hydrogen (secondary N) is 1. The van der Waals surface area contributed by atoms with E-state index in [1.807, 2.05) is 0 Å². The lowest BCUT2D eigenvalue weighted by molar-refractivity contribution is -0.139. The molecule has 0 heterocycles. The first-order chi connectivity index (χ1) is 17.7. The van der Waals surface area contributed by atoms with E-state index in [0.29, 0.717) is 18.0 Å². The van der Waals surface area contributed by atoms with Crippen LogP contribution in [0.4, 0.5) is 5.69 Å². The average molecular weight is 589 g/mol. The molecule has 1 unspecified atom stereocenters. The van der Waals surface area contributed by atoms with E-state index in [4.69, 9.17) is 4.74 Å². The van der Waals surface area contributed by atoms with Gasteiger partial charge in [0.05, 0.1) is 17.7 Å². The Bertz CT molecular complexity index is 1300. The summed E-state index contributed by atoms with van der Waals surface area (Å²) < 4.78 is 34.4. The molecule has 0 aliphatic carbocycles. The van der Waals surface area contributed by atoms with E-state index < -0.39 is 28.5 Å². The third-order valence-electron chi connectivity index (χ3n) is 5.75. The largest absolute Gasteiger partial charge is 0.497 e. The molecule has 196 valence electrons. The topological polar surface area (TPSA) is 96.0 Å². The van der Waals surface area contributed by atoms with Gasteiger partial charge in [-0.1, -0.05) is 46.3 Å². The van der Waals surface area contributed by atoms with Gasteiger partial charge in [0.25, 0.3) is 10.0 Å². The van der Waals surface area contributed by atoms with Crippen LogP contribution in [-0.4, -0.2) is 51.4 Å². The van der Waals surface area contributed by atoms with E-state index in [2.05, 4.69) is 21.2 Å². The minimum atomic E-state index is -4.08. The van der Waals surface area contributed by atoms with Crippen molar-refractivity contribution in [1.82, 2.24) is 10.2 Å². The molecule has 0 saturated heterocycles. The van der Waals surface area contributed by atoms with Crippen molar-refractivity contribution < 1.29 is 22.7 Å². The maximum atomic E-state index is 13.8. The minimum absolute atomic E-state index is 0.0594. The molecular formula is C27H30BrN3O5S. The highest BCUT2D eigenvalue weighted by Crippen LogP contribution is 2.26. The standard InChI is InChI=1S/C27H30BrN3O5S/c1-4-29-27(33)20(2)30(18-21-10-16-24(36-3)17-11-21)26(32)19-31(23-14-12-22(28)13-15-23)37(34,35)25-8-6-5-7-9-25/h5-17,20H,4,18-19H2,1-3H3,(H,29,33). The molecule has 37 heavy (non-hydrogen) atoms. The van der Waals surface area contributed by atoms with E-state index in [-0.39, 0.29) is 17.3 Å². The Balaban J connectivity index is 1.99. The molecular weight excluding hydrogens is 558 g/mol. The lowest BCUT2D eigenvalue weighted by atomic mass is 10.1. The number of sulfonamides is 1. The van der Waals surface area contributed by atoms with E-state index in [1.165, 1.54) is 17.0 Å². The van der Waals surface area contributed by atoms with Crippen LogP contribution < -0.4 is 14.4 Å². The fraction of sp³-hybridized carbons (Fsp3) is 0.259. The molecule has 3 rings (SSSR count). The summed E-state index contributed by atoms with van der Waals surface area (Å²) in [6.45, 7) is 3.45. The monoisotopic (exact) mass is 587 g/mol. The first kappa shape index (κ1) is 28.2. The second-order valence-corrected chi connectivity index (χ2v) is 11.0. The summed E-state index contributed by atoms with van der Waals surface area (Å²) in [5.74, 6) is -0.184. The molecule has 10 heteroatoms. The third kappa shape index (κ3) is 7.11. The van der Waals surface area contributed by atoms with Crippen LogP contribution >= 0.6 is 15.9 Å². The fourth-order valence-corrected chi connectivity index (χ4v) is 5.39. The maximum Gasteiger partial charge on any atom is 0.264 e. The Morgan fingerprint density at radius 3 is 2.16 bits per heavy atom. The SMILES string of the molecule is CCNC(=O)C(C)N(Cc1ccc(OC)cc1)C(=O)CN(c1ccc(Br)cc1)S(=O)(=O)c1ccccc1. The minimum Gasteiger partial charge on any atom is -0.497 e. The summed E-state index contributed by atoms with van der Waals surface area (Å²) in [5, 5.41) is 2.74. The lowest BCUT2D eigenvalue weighted by Gasteiger charge is -2.32. The molecule has 0 spiro atoms. The van der Waals surface area contributed by atoms with Gasteiger partial charge in [0.2, 0.25) is 11.8 Å². The zero-order valence-electron chi connectivity index (χ0n) is 20.9. The van der Waals surface area contributed by atoms with Crippen molar-refractivity contribution in [2.45, 2.75) is 31.3 Å². The number of anilines is 1. The number of nitrogens with zero attached hydrogens (tertiary/aromatic N) is 2. The van der Waals surface area contributed by atoms with Crippen LogP contribution in [0.3, 0.4) is 0 Å². The number of benzene rings is 3. The summed E-state index contributed by atoms with van der Waals surface area (Å²) in [6.07, 6.45) is 0. The number of hydrogen-bond donors (Lipinski definition) is 1. The zero-order chi connectivity index (χ0) is 27.0. The van der Waals surface area contributed by atoms with Gasteiger partial charge in [-0.05, 0) is 67.9 Å². The lowest BCUT2D eigenvalue weighted by Crippen LogP contribution is -2.51. The Labute approximate surface area is 226 Å². The van der Waals surface area contributed by atoms with Gasteiger partial charge in [-0.15, -0.1) is 0 Å². The number of methoxy groups -OCH3 is 1. The molecule has 0 aliphatic rings. The van der Waals surface area contributed by atoms with E-state index in [9.17, 15) is 18.0 Å². The van der Waals surface area contributed by atoms with Gasteiger partial charge in [0, 0.05) is 17.6 Å². The molecule has 1 atom stereocenters. The number of likely N-dealkylation sites (N-methyl/N-ethyl adjacent to an activating group) is 1. The van der Waals surface area contributed by atoms with Gasteiger partial charge in [-0.3, -0.25) is 13.9 Å². The number of carbonyl (C=O) groups is 2. The Morgan fingerprint density at radius 2 is 1.59 bits per heavy atom. The zero-order valence-corrected chi connectivity index (χ0v) is 23.3. The molecule has 0 aliphatic heterocycles.